The van der Waals surface area contributed by atoms with E-state index in [2.05, 4.69) is 15.5 Å². The standard InChI is InChI=1S/C9H16N4O/c1-13-8(6-14)11-12-9(13)7-3-2-4-10-5-7/h7,10,14H,2-6H2,1H3. The lowest BCUT2D eigenvalue weighted by Gasteiger charge is -2.21. The van der Waals surface area contributed by atoms with E-state index < -0.39 is 0 Å². The molecule has 2 heterocycles. The summed E-state index contributed by atoms with van der Waals surface area (Å²) in [6, 6.07) is 0. The molecule has 0 radical (unpaired) electrons. The van der Waals surface area contributed by atoms with Crippen LogP contribution in [0, 0.1) is 0 Å². The van der Waals surface area contributed by atoms with Gasteiger partial charge in [-0.1, -0.05) is 0 Å². The second kappa shape index (κ2) is 4.06. The highest BCUT2D eigenvalue weighted by Crippen LogP contribution is 2.21. The molecule has 14 heavy (non-hydrogen) atoms. The molecule has 1 aromatic rings. The van der Waals surface area contributed by atoms with E-state index >= 15 is 0 Å². The monoisotopic (exact) mass is 196 g/mol. The Labute approximate surface area is 83.2 Å². The van der Waals surface area contributed by atoms with Gasteiger partial charge in [-0.25, -0.2) is 0 Å². The highest BCUT2D eigenvalue weighted by molar-refractivity contribution is 5.02. The maximum Gasteiger partial charge on any atom is 0.158 e. The predicted octanol–water partition coefficient (Wildman–Crippen LogP) is -0.226. The molecule has 0 spiro atoms. The molecule has 5 nitrogen and oxygen atoms in total. The summed E-state index contributed by atoms with van der Waals surface area (Å²) in [6.45, 7) is 2.03. The molecule has 1 aliphatic rings. The Morgan fingerprint density at radius 3 is 3.00 bits per heavy atom. The largest absolute Gasteiger partial charge is 0.388 e. The van der Waals surface area contributed by atoms with E-state index in [1.807, 2.05) is 11.6 Å². The third-order valence-corrected chi connectivity index (χ3v) is 2.80. The SMILES string of the molecule is Cn1c(CO)nnc1C1CCCNC1. The average Bonchev–Trinajstić information content (AvgIpc) is 2.61. The lowest BCUT2D eigenvalue weighted by Crippen LogP contribution is -2.29. The van der Waals surface area contributed by atoms with Crippen molar-refractivity contribution < 1.29 is 5.11 Å². The van der Waals surface area contributed by atoms with Crippen LogP contribution in [0.15, 0.2) is 0 Å². The second-order valence-electron chi connectivity index (χ2n) is 3.73. The Kier molecular flexibility index (Phi) is 2.79. The molecular weight excluding hydrogens is 180 g/mol. The van der Waals surface area contributed by atoms with Crippen LogP contribution in [-0.4, -0.2) is 33.0 Å². The van der Waals surface area contributed by atoms with Crippen LogP contribution in [0.1, 0.15) is 30.4 Å². The molecular formula is C9H16N4O. The van der Waals surface area contributed by atoms with Gasteiger partial charge in [-0.15, -0.1) is 10.2 Å². The van der Waals surface area contributed by atoms with E-state index in [0.717, 1.165) is 25.3 Å². The van der Waals surface area contributed by atoms with Crippen molar-refractivity contribution in [2.75, 3.05) is 13.1 Å². The van der Waals surface area contributed by atoms with Crippen LogP contribution in [0.5, 0.6) is 0 Å². The Balaban J connectivity index is 2.18. The first kappa shape index (κ1) is 9.61. The van der Waals surface area contributed by atoms with Gasteiger partial charge in [0.2, 0.25) is 0 Å². The van der Waals surface area contributed by atoms with Crippen molar-refractivity contribution in [1.82, 2.24) is 20.1 Å². The van der Waals surface area contributed by atoms with Gasteiger partial charge in [-0.3, -0.25) is 0 Å². The number of rotatable bonds is 2. The summed E-state index contributed by atoms with van der Waals surface area (Å²) in [5.41, 5.74) is 0. The topological polar surface area (TPSA) is 63.0 Å². The normalized spacial score (nSPS) is 22.6. The summed E-state index contributed by atoms with van der Waals surface area (Å²) in [6.07, 6.45) is 2.34. The minimum Gasteiger partial charge on any atom is -0.388 e. The zero-order valence-corrected chi connectivity index (χ0v) is 8.40. The lowest BCUT2D eigenvalue weighted by molar-refractivity contribution is 0.266. The summed E-state index contributed by atoms with van der Waals surface area (Å²) in [7, 11) is 1.91. The number of hydrogen-bond acceptors (Lipinski definition) is 4. The quantitative estimate of drug-likeness (QED) is 0.686. The Bertz CT molecular complexity index is 304. The molecule has 5 heteroatoms. The predicted molar refractivity (Wildman–Crippen MR) is 51.8 cm³/mol. The van der Waals surface area contributed by atoms with Crippen LogP contribution >= 0.6 is 0 Å². The van der Waals surface area contributed by atoms with Gasteiger partial charge in [-0.05, 0) is 19.4 Å². The number of nitrogens with zero attached hydrogens (tertiary/aromatic N) is 3. The van der Waals surface area contributed by atoms with E-state index in [1.54, 1.807) is 0 Å². The van der Waals surface area contributed by atoms with Gasteiger partial charge in [0.1, 0.15) is 12.4 Å². The molecule has 1 aliphatic heterocycles. The van der Waals surface area contributed by atoms with Crippen molar-refractivity contribution in [3.05, 3.63) is 11.6 Å². The number of aliphatic hydroxyl groups is 1. The first-order chi connectivity index (χ1) is 6.83. The minimum atomic E-state index is -0.0380. The highest BCUT2D eigenvalue weighted by atomic mass is 16.3. The van der Waals surface area contributed by atoms with Crippen LogP contribution in [-0.2, 0) is 13.7 Å². The van der Waals surface area contributed by atoms with Crippen molar-refractivity contribution in [3.63, 3.8) is 0 Å². The smallest absolute Gasteiger partial charge is 0.158 e. The van der Waals surface area contributed by atoms with Crippen molar-refractivity contribution in [3.8, 4) is 0 Å². The summed E-state index contributed by atoms with van der Waals surface area (Å²) < 4.78 is 1.90. The van der Waals surface area contributed by atoms with Gasteiger partial charge in [0, 0.05) is 19.5 Å². The van der Waals surface area contributed by atoms with E-state index in [4.69, 9.17) is 5.11 Å². The third-order valence-electron chi connectivity index (χ3n) is 2.80. The summed E-state index contributed by atoms with van der Waals surface area (Å²) >= 11 is 0. The van der Waals surface area contributed by atoms with Gasteiger partial charge in [0.25, 0.3) is 0 Å². The molecule has 78 valence electrons. The molecule has 2 N–H and O–H groups in total. The Hall–Kier alpha value is -0.940. The molecule has 2 rings (SSSR count). The third kappa shape index (κ3) is 1.65. The van der Waals surface area contributed by atoms with Crippen LogP contribution in [0.2, 0.25) is 0 Å². The summed E-state index contributed by atoms with van der Waals surface area (Å²) in [5.74, 6) is 2.08. The lowest BCUT2D eigenvalue weighted by atomic mass is 9.99. The summed E-state index contributed by atoms with van der Waals surface area (Å²) in [5, 5.41) is 20.4. The van der Waals surface area contributed by atoms with Gasteiger partial charge in [-0.2, -0.15) is 0 Å². The first-order valence-electron chi connectivity index (χ1n) is 5.02. The molecule has 0 aromatic carbocycles. The summed E-state index contributed by atoms with van der Waals surface area (Å²) in [4.78, 5) is 0. The zero-order chi connectivity index (χ0) is 9.97. The van der Waals surface area contributed by atoms with Gasteiger partial charge in [0.05, 0.1) is 0 Å². The number of aromatic nitrogens is 3. The average molecular weight is 196 g/mol. The van der Waals surface area contributed by atoms with Crippen molar-refractivity contribution in [2.24, 2.45) is 7.05 Å². The van der Waals surface area contributed by atoms with E-state index in [9.17, 15) is 0 Å². The molecule has 1 saturated heterocycles. The van der Waals surface area contributed by atoms with Gasteiger partial charge >= 0.3 is 0 Å². The number of hydrogen-bond donors (Lipinski definition) is 2. The Morgan fingerprint density at radius 2 is 2.43 bits per heavy atom. The van der Waals surface area contributed by atoms with E-state index in [0.29, 0.717) is 11.7 Å². The van der Waals surface area contributed by atoms with Crippen LogP contribution < -0.4 is 5.32 Å². The number of nitrogens with one attached hydrogen (secondary N) is 1. The first-order valence-corrected chi connectivity index (χ1v) is 5.02. The molecule has 1 unspecified atom stereocenters. The van der Waals surface area contributed by atoms with Crippen molar-refractivity contribution in [1.29, 1.82) is 0 Å². The van der Waals surface area contributed by atoms with Crippen LogP contribution in [0.3, 0.4) is 0 Å². The van der Waals surface area contributed by atoms with E-state index in [1.165, 1.54) is 6.42 Å². The molecule has 0 bridgehead atoms. The Morgan fingerprint density at radius 1 is 1.57 bits per heavy atom. The minimum absolute atomic E-state index is 0.0380. The molecule has 0 aliphatic carbocycles. The molecule has 0 amide bonds. The molecule has 0 saturated carbocycles. The number of piperidine rings is 1. The molecule has 1 fully saturated rings. The van der Waals surface area contributed by atoms with Crippen molar-refractivity contribution >= 4 is 0 Å². The van der Waals surface area contributed by atoms with Crippen LogP contribution in [0.25, 0.3) is 0 Å². The van der Waals surface area contributed by atoms with Gasteiger partial charge < -0.3 is 15.0 Å². The highest BCUT2D eigenvalue weighted by Gasteiger charge is 2.20. The maximum absolute atomic E-state index is 8.99. The van der Waals surface area contributed by atoms with Crippen molar-refractivity contribution in [2.45, 2.75) is 25.4 Å². The van der Waals surface area contributed by atoms with Crippen LogP contribution in [0.4, 0.5) is 0 Å². The maximum atomic E-state index is 8.99. The number of aliphatic hydroxyl groups excluding tert-OH is 1. The van der Waals surface area contributed by atoms with E-state index in [-0.39, 0.29) is 6.61 Å². The zero-order valence-electron chi connectivity index (χ0n) is 8.40. The molecule has 1 atom stereocenters. The van der Waals surface area contributed by atoms with Gasteiger partial charge in [0.15, 0.2) is 5.82 Å². The molecule has 1 aromatic heterocycles. The fourth-order valence-corrected chi connectivity index (χ4v) is 1.94. The second-order valence-corrected chi connectivity index (χ2v) is 3.73. The fraction of sp³-hybridized carbons (Fsp3) is 0.778. The fourth-order valence-electron chi connectivity index (χ4n) is 1.94.